The van der Waals surface area contributed by atoms with Crippen LogP contribution in [0.25, 0.3) is 5.82 Å². The number of hydrogen-bond acceptors (Lipinski definition) is 10. The minimum atomic E-state index is 0.160. The van der Waals surface area contributed by atoms with Gasteiger partial charge in [0.15, 0.2) is 5.82 Å². The molecule has 2 aromatic heterocycles. The molecule has 0 aliphatic carbocycles. The van der Waals surface area contributed by atoms with E-state index in [1.807, 2.05) is 32.3 Å². The van der Waals surface area contributed by atoms with Crippen molar-refractivity contribution in [3.05, 3.63) is 36.7 Å². The third-order valence-corrected chi connectivity index (χ3v) is 4.86. The Morgan fingerprint density at radius 1 is 1.13 bits per heavy atom. The average molecular weight is 425 g/mol. The quantitative estimate of drug-likeness (QED) is 0.486. The lowest BCUT2D eigenvalue weighted by molar-refractivity contribution is 0.122. The summed E-state index contributed by atoms with van der Waals surface area (Å²) in [5, 5.41) is 10.8. The van der Waals surface area contributed by atoms with E-state index in [1.165, 1.54) is 12.0 Å². The number of aromatic nitrogens is 5. The molecule has 0 spiro atoms. The Balaban J connectivity index is 1.48. The van der Waals surface area contributed by atoms with E-state index < -0.39 is 0 Å². The maximum Gasteiger partial charge on any atom is 0.241 e. The second-order valence-corrected chi connectivity index (χ2v) is 7.47. The summed E-state index contributed by atoms with van der Waals surface area (Å²) in [6.07, 6.45) is 1.49. The maximum atomic E-state index is 5.88. The van der Waals surface area contributed by atoms with Crippen molar-refractivity contribution in [2.24, 2.45) is 0 Å². The number of likely N-dealkylation sites (N-methyl/N-ethyl adjacent to an activating group) is 1. The molecule has 4 rings (SSSR count). The molecule has 1 aliphatic heterocycles. The monoisotopic (exact) mass is 424 g/mol. The largest absolute Gasteiger partial charge is 0.378 e. The van der Waals surface area contributed by atoms with E-state index in [0.717, 1.165) is 45.1 Å². The number of nitrogens with one attached hydrogen (secondary N) is 2. The molecule has 11 nitrogen and oxygen atoms in total. The Bertz CT molecular complexity index is 982. The molecule has 3 heterocycles. The van der Waals surface area contributed by atoms with Gasteiger partial charge >= 0.3 is 0 Å². The lowest BCUT2D eigenvalue weighted by Crippen LogP contribution is -2.36. The predicted octanol–water partition coefficient (Wildman–Crippen LogP) is 1.19. The average Bonchev–Trinajstić information content (AvgIpc) is 3.15. The van der Waals surface area contributed by atoms with Crippen LogP contribution in [0.2, 0.25) is 0 Å². The van der Waals surface area contributed by atoms with Crippen LogP contribution in [-0.4, -0.2) is 83.1 Å². The van der Waals surface area contributed by atoms with E-state index in [0.29, 0.717) is 17.6 Å². The number of rotatable bonds is 8. The SMILES string of the molecule is CN(C)CCNc1cc(-n2nc(N)nc2Nc2ccc(N3CCOCC3)cc2)ncn1. The molecule has 11 heteroatoms. The molecule has 1 aliphatic rings. The highest BCUT2D eigenvalue weighted by molar-refractivity contribution is 5.61. The van der Waals surface area contributed by atoms with Crippen LogP contribution in [0.1, 0.15) is 0 Å². The first-order valence-corrected chi connectivity index (χ1v) is 10.2. The summed E-state index contributed by atoms with van der Waals surface area (Å²) in [5.41, 5.74) is 7.92. The topological polar surface area (TPSA) is 122 Å². The first-order valence-electron chi connectivity index (χ1n) is 10.2. The van der Waals surface area contributed by atoms with Gasteiger partial charge in [0.25, 0.3) is 0 Å². The summed E-state index contributed by atoms with van der Waals surface area (Å²) in [4.78, 5) is 17.3. The molecule has 0 saturated carbocycles. The van der Waals surface area contributed by atoms with Crippen molar-refractivity contribution in [3.63, 3.8) is 0 Å². The third kappa shape index (κ3) is 5.38. The normalized spacial score (nSPS) is 14.1. The van der Waals surface area contributed by atoms with Gasteiger partial charge in [0.05, 0.1) is 13.2 Å². The zero-order valence-electron chi connectivity index (χ0n) is 17.8. The fraction of sp³-hybridized carbons (Fsp3) is 0.400. The zero-order valence-corrected chi connectivity index (χ0v) is 17.8. The van der Waals surface area contributed by atoms with Gasteiger partial charge in [0.1, 0.15) is 12.1 Å². The van der Waals surface area contributed by atoms with Crippen LogP contribution in [0.5, 0.6) is 0 Å². The van der Waals surface area contributed by atoms with Gasteiger partial charge in [-0.25, -0.2) is 9.97 Å². The molecule has 4 N–H and O–H groups in total. The van der Waals surface area contributed by atoms with Crippen LogP contribution in [0.3, 0.4) is 0 Å². The lowest BCUT2D eigenvalue weighted by Gasteiger charge is -2.28. The van der Waals surface area contributed by atoms with Gasteiger partial charge in [-0.3, -0.25) is 0 Å². The number of anilines is 5. The van der Waals surface area contributed by atoms with Crippen molar-refractivity contribution in [2.75, 3.05) is 74.8 Å². The molecular formula is C20H28N10O. The highest BCUT2D eigenvalue weighted by atomic mass is 16.5. The van der Waals surface area contributed by atoms with E-state index in [9.17, 15) is 0 Å². The molecule has 0 atom stereocenters. The Hall–Kier alpha value is -3.44. The minimum Gasteiger partial charge on any atom is -0.378 e. The lowest BCUT2D eigenvalue weighted by atomic mass is 10.2. The number of ether oxygens (including phenoxy) is 1. The first kappa shape index (κ1) is 20.8. The third-order valence-electron chi connectivity index (χ3n) is 4.86. The van der Waals surface area contributed by atoms with E-state index in [4.69, 9.17) is 10.5 Å². The summed E-state index contributed by atoms with van der Waals surface area (Å²) >= 11 is 0. The standard InChI is InChI=1S/C20H28N10O/c1-28(2)8-7-22-17-13-18(24-14-23-17)30-20(26-19(21)27-30)25-15-3-5-16(6-4-15)29-9-11-31-12-10-29/h3-6,13-14H,7-12H2,1-2H3,(H,22,23,24)(H3,21,25,26,27). The zero-order chi connectivity index (χ0) is 21.6. The minimum absolute atomic E-state index is 0.160. The molecule has 1 saturated heterocycles. The smallest absolute Gasteiger partial charge is 0.241 e. The van der Waals surface area contributed by atoms with Crippen molar-refractivity contribution in [1.82, 2.24) is 29.6 Å². The summed E-state index contributed by atoms with van der Waals surface area (Å²) in [7, 11) is 4.05. The van der Waals surface area contributed by atoms with Gasteiger partial charge in [-0.2, -0.15) is 9.67 Å². The molecule has 0 amide bonds. The molecule has 1 fully saturated rings. The Labute approximate surface area is 181 Å². The van der Waals surface area contributed by atoms with Gasteiger partial charge in [-0.15, -0.1) is 5.10 Å². The molecule has 1 aromatic carbocycles. The van der Waals surface area contributed by atoms with Crippen LogP contribution in [-0.2, 0) is 4.74 Å². The summed E-state index contributed by atoms with van der Waals surface area (Å²) < 4.78 is 6.99. The van der Waals surface area contributed by atoms with Crippen LogP contribution in [0, 0.1) is 0 Å². The number of hydrogen-bond donors (Lipinski definition) is 3. The van der Waals surface area contributed by atoms with Crippen molar-refractivity contribution in [1.29, 1.82) is 0 Å². The Morgan fingerprint density at radius 3 is 2.65 bits per heavy atom. The van der Waals surface area contributed by atoms with Gasteiger partial charge in [-0.1, -0.05) is 0 Å². The van der Waals surface area contributed by atoms with Gasteiger partial charge < -0.3 is 30.9 Å². The molecule has 0 unspecified atom stereocenters. The Kier molecular flexibility index (Phi) is 6.43. The second kappa shape index (κ2) is 9.58. The summed E-state index contributed by atoms with van der Waals surface area (Å²) in [6.45, 7) is 4.97. The van der Waals surface area contributed by atoms with Crippen molar-refractivity contribution < 1.29 is 4.74 Å². The summed E-state index contributed by atoms with van der Waals surface area (Å²) in [6, 6.07) is 9.99. The maximum absolute atomic E-state index is 5.88. The highest BCUT2D eigenvalue weighted by Gasteiger charge is 2.14. The number of morpholine rings is 1. The number of nitrogens with zero attached hydrogens (tertiary/aromatic N) is 7. The van der Waals surface area contributed by atoms with Crippen molar-refractivity contribution in [2.45, 2.75) is 0 Å². The van der Waals surface area contributed by atoms with Gasteiger partial charge in [0.2, 0.25) is 11.9 Å². The molecule has 0 radical (unpaired) electrons. The molecule has 31 heavy (non-hydrogen) atoms. The van der Waals surface area contributed by atoms with E-state index in [2.05, 4.69) is 52.6 Å². The highest BCUT2D eigenvalue weighted by Crippen LogP contribution is 2.23. The van der Waals surface area contributed by atoms with E-state index in [1.54, 1.807) is 4.68 Å². The molecule has 3 aromatic rings. The predicted molar refractivity (Wildman–Crippen MR) is 121 cm³/mol. The second-order valence-electron chi connectivity index (χ2n) is 7.47. The van der Waals surface area contributed by atoms with Crippen LogP contribution < -0.4 is 21.3 Å². The molecular weight excluding hydrogens is 396 g/mol. The van der Waals surface area contributed by atoms with Gasteiger partial charge in [-0.05, 0) is 38.4 Å². The van der Waals surface area contributed by atoms with Gasteiger partial charge in [0, 0.05) is 43.6 Å². The number of nitrogens with two attached hydrogens (primary N) is 1. The fourth-order valence-corrected chi connectivity index (χ4v) is 3.24. The summed E-state index contributed by atoms with van der Waals surface area (Å²) in [5.74, 6) is 1.92. The Morgan fingerprint density at radius 2 is 1.90 bits per heavy atom. The molecule has 164 valence electrons. The van der Waals surface area contributed by atoms with Crippen molar-refractivity contribution in [3.8, 4) is 5.82 Å². The van der Waals surface area contributed by atoms with Crippen LogP contribution in [0.15, 0.2) is 36.7 Å². The van der Waals surface area contributed by atoms with Crippen molar-refractivity contribution >= 4 is 29.1 Å². The molecule has 0 bridgehead atoms. The number of nitrogen functional groups attached to an aromatic ring is 1. The van der Waals surface area contributed by atoms with Crippen LogP contribution in [0.4, 0.5) is 29.1 Å². The number of benzene rings is 1. The van der Waals surface area contributed by atoms with Crippen LogP contribution >= 0.6 is 0 Å². The fourth-order valence-electron chi connectivity index (χ4n) is 3.24. The van der Waals surface area contributed by atoms with E-state index >= 15 is 0 Å². The first-order chi connectivity index (χ1) is 15.1. The van der Waals surface area contributed by atoms with E-state index in [-0.39, 0.29) is 5.95 Å².